The Labute approximate surface area is 82.7 Å². The molecule has 78 valence electrons. The Morgan fingerprint density at radius 1 is 1.64 bits per heavy atom. The highest BCUT2D eigenvalue weighted by atomic mass is 16.1. The van der Waals surface area contributed by atoms with Gasteiger partial charge in [0.05, 0.1) is 13.1 Å². The maximum Gasteiger partial charge on any atom is 0.234 e. The highest BCUT2D eigenvalue weighted by molar-refractivity contribution is 5.77. The Hall–Kier alpha value is -1.43. The van der Waals surface area contributed by atoms with E-state index < -0.39 is 0 Å². The summed E-state index contributed by atoms with van der Waals surface area (Å²) in [6.45, 7) is 3.46. The Balaban J connectivity index is 2.23. The summed E-state index contributed by atoms with van der Waals surface area (Å²) >= 11 is 0. The molecular weight excluding hydrogens is 182 g/mol. The van der Waals surface area contributed by atoms with Gasteiger partial charge in [0.2, 0.25) is 5.91 Å². The molecule has 0 fully saturated rings. The van der Waals surface area contributed by atoms with E-state index in [-0.39, 0.29) is 5.91 Å². The average Bonchev–Trinajstić information content (AvgIpc) is 2.58. The van der Waals surface area contributed by atoms with Crippen molar-refractivity contribution in [1.82, 2.24) is 25.4 Å². The van der Waals surface area contributed by atoms with Gasteiger partial charge in [0, 0.05) is 7.05 Å². The van der Waals surface area contributed by atoms with Crippen LogP contribution >= 0.6 is 0 Å². The largest absolute Gasteiger partial charge is 0.348 e. The molecule has 1 aromatic rings. The summed E-state index contributed by atoms with van der Waals surface area (Å²) in [5, 5.41) is 9.67. The van der Waals surface area contributed by atoms with Gasteiger partial charge in [-0.2, -0.15) is 5.10 Å². The molecule has 2 N–H and O–H groups in total. The molecule has 0 atom stereocenters. The van der Waals surface area contributed by atoms with E-state index in [1.165, 1.54) is 0 Å². The van der Waals surface area contributed by atoms with E-state index in [1.807, 2.05) is 6.92 Å². The molecule has 0 aliphatic rings. The maximum absolute atomic E-state index is 11.1. The molecule has 0 bridgehead atoms. The number of aryl methyl sites for hydroxylation is 1. The predicted molar refractivity (Wildman–Crippen MR) is 51.4 cm³/mol. The number of carbonyl (C=O) groups excluding carboxylic acids is 1. The van der Waals surface area contributed by atoms with Crippen molar-refractivity contribution in [2.24, 2.45) is 7.05 Å². The van der Waals surface area contributed by atoms with Crippen molar-refractivity contribution >= 4 is 5.91 Å². The summed E-state index contributed by atoms with van der Waals surface area (Å²) in [6, 6.07) is 0. The zero-order valence-corrected chi connectivity index (χ0v) is 8.45. The first kappa shape index (κ1) is 10.6. The molecule has 1 rings (SSSR count). The molecule has 0 saturated heterocycles. The Bertz CT molecular complexity index is 296. The monoisotopic (exact) mass is 197 g/mol. The molecule has 0 aliphatic carbocycles. The van der Waals surface area contributed by atoms with Crippen molar-refractivity contribution in [3.63, 3.8) is 0 Å². The minimum atomic E-state index is -0.0423. The van der Waals surface area contributed by atoms with E-state index in [0.29, 0.717) is 18.9 Å². The minimum absolute atomic E-state index is 0.0423. The number of aromatic nitrogens is 3. The number of hydrogen-bond donors (Lipinski definition) is 2. The first-order chi connectivity index (χ1) is 6.72. The molecule has 6 nitrogen and oxygen atoms in total. The number of carbonyl (C=O) groups is 1. The van der Waals surface area contributed by atoms with Crippen LogP contribution in [-0.2, 0) is 18.4 Å². The van der Waals surface area contributed by atoms with E-state index in [1.54, 1.807) is 18.1 Å². The Kier molecular flexibility index (Phi) is 4.06. The van der Waals surface area contributed by atoms with Crippen molar-refractivity contribution in [2.45, 2.75) is 13.5 Å². The van der Waals surface area contributed by atoms with Gasteiger partial charge in [0.25, 0.3) is 0 Å². The van der Waals surface area contributed by atoms with Crippen molar-refractivity contribution in [3.05, 3.63) is 12.2 Å². The third-order valence-electron chi connectivity index (χ3n) is 1.63. The fourth-order valence-corrected chi connectivity index (χ4v) is 0.944. The van der Waals surface area contributed by atoms with Crippen LogP contribution in [0.2, 0.25) is 0 Å². The van der Waals surface area contributed by atoms with Crippen LogP contribution in [0.3, 0.4) is 0 Å². The molecule has 1 amide bonds. The standard InChI is InChI=1S/C8H15N5O/c1-3-9-5-8(14)10-4-7-11-6-13(2)12-7/h6,9H,3-5H2,1-2H3,(H,10,14). The third kappa shape index (κ3) is 3.53. The van der Waals surface area contributed by atoms with E-state index >= 15 is 0 Å². The van der Waals surface area contributed by atoms with Crippen LogP contribution in [0.1, 0.15) is 12.7 Å². The molecule has 0 aliphatic heterocycles. The van der Waals surface area contributed by atoms with E-state index in [2.05, 4.69) is 20.7 Å². The summed E-state index contributed by atoms with van der Waals surface area (Å²) in [7, 11) is 1.79. The van der Waals surface area contributed by atoms with Crippen LogP contribution in [0.5, 0.6) is 0 Å². The summed E-state index contributed by atoms with van der Waals surface area (Å²) in [4.78, 5) is 15.1. The van der Waals surface area contributed by atoms with Gasteiger partial charge in [-0.3, -0.25) is 9.48 Å². The van der Waals surface area contributed by atoms with Gasteiger partial charge in [0.1, 0.15) is 6.33 Å². The second-order valence-electron chi connectivity index (χ2n) is 2.89. The zero-order valence-electron chi connectivity index (χ0n) is 8.45. The topological polar surface area (TPSA) is 71.8 Å². The molecule has 1 aromatic heterocycles. The maximum atomic E-state index is 11.1. The zero-order chi connectivity index (χ0) is 10.4. The molecule has 0 aromatic carbocycles. The van der Waals surface area contributed by atoms with Crippen LogP contribution < -0.4 is 10.6 Å². The lowest BCUT2D eigenvalue weighted by molar-refractivity contribution is -0.120. The molecular formula is C8H15N5O. The van der Waals surface area contributed by atoms with E-state index in [4.69, 9.17) is 0 Å². The number of nitrogens with zero attached hydrogens (tertiary/aromatic N) is 3. The predicted octanol–water partition coefficient (Wildman–Crippen LogP) is -0.959. The van der Waals surface area contributed by atoms with Crippen molar-refractivity contribution in [2.75, 3.05) is 13.1 Å². The van der Waals surface area contributed by atoms with Crippen LogP contribution in [0, 0.1) is 0 Å². The van der Waals surface area contributed by atoms with Gasteiger partial charge < -0.3 is 10.6 Å². The van der Waals surface area contributed by atoms with Gasteiger partial charge in [0.15, 0.2) is 5.82 Å². The van der Waals surface area contributed by atoms with Crippen molar-refractivity contribution in [1.29, 1.82) is 0 Å². The van der Waals surface area contributed by atoms with Gasteiger partial charge in [-0.15, -0.1) is 0 Å². The summed E-state index contributed by atoms with van der Waals surface area (Å²) in [6.07, 6.45) is 1.60. The lowest BCUT2D eigenvalue weighted by Crippen LogP contribution is -2.33. The molecule has 0 spiro atoms. The number of rotatable bonds is 5. The summed E-state index contributed by atoms with van der Waals surface area (Å²) < 4.78 is 1.60. The summed E-state index contributed by atoms with van der Waals surface area (Å²) in [5.41, 5.74) is 0. The fraction of sp³-hybridized carbons (Fsp3) is 0.625. The Morgan fingerprint density at radius 2 is 2.43 bits per heavy atom. The second kappa shape index (κ2) is 5.33. The van der Waals surface area contributed by atoms with E-state index in [0.717, 1.165) is 6.54 Å². The lowest BCUT2D eigenvalue weighted by atomic mass is 10.5. The van der Waals surface area contributed by atoms with Crippen LogP contribution in [-0.4, -0.2) is 33.8 Å². The van der Waals surface area contributed by atoms with Crippen LogP contribution in [0.4, 0.5) is 0 Å². The SMILES string of the molecule is CCNCC(=O)NCc1ncn(C)n1. The van der Waals surface area contributed by atoms with Gasteiger partial charge in [-0.05, 0) is 6.54 Å². The smallest absolute Gasteiger partial charge is 0.234 e. The lowest BCUT2D eigenvalue weighted by Gasteiger charge is -2.02. The number of amides is 1. The first-order valence-corrected chi connectivity index (χ1v) is 4.54. The highest BCUT2D eigenvalue weighted by Gasteiger charge is 2.02. The molecule has 1 heterocycles. The molecule has 6 heteroatoms. The van der Waals surface area contributed by atoms with E-state index in [9.17, 15) is 4.79 Å². The minimum Gasteiger partial charge on any atom is -0.348 e. The highest BCUT2D eigenvalue weighted by Crippen LogP contribution is 1.85. The van der Waals surface area contributed by atoms with Crippen LogP contribution in [0.25, 0.3) is 0 Å². The average molecular weight is 197 g/mol. The third-order valence-corrected chi connectivity index (χ3v) is 1.63. The Morgan fingerprint density at radius 3 is 3.00 bits per heavy atom. The number of likely N-dealkylation sites (N-methyl/N-ethyl adjacent to an activating group) is 1. The van der Waals surface area contributed by atoms with Crippen molar-refractivity contribution < 1.29 is 4.79 Å². The molecule has 0 radical (unpaired) electrons. The quantitative estimate of drug-likeness (QED) is 0.638. The van der Waals surface area contributed by atoms with Gasteiger partial charge in [-0.1, -0.05) is 6.92 Å². The number of nitrogens with one attached hydrogen (secondary N) is 2. The molecule has 0 unspecified atom stereocenters. The molecule has 14 heavy (non-hydrogen) atoms. The second-order valence-corrected chi connectivity index (χ2v) is 2.89. The fourth-order valence-electron chi connectivity index (χ4n) is 0.944. The van der Waals surface area contributed by atoms with Gasteiger partial charge in [-0.25, -0.2) is 4.98 Å². The molecule has 0 saturated carbocycles. The van der Waals surface area contributed by atoms with Crippen LogP contribution in [0.15, 0.2) is 6.33 Å². The van der Waals surface area contributed by atoms with Gasteiger partial charge >= 0.3 is 0 Å². The number of hydrogen-bond acceptors (Lipinski definition) is 4. The van der Waals surface area contributed by atoms with Crippen molar-refractivity contribution in [3.8, 4) is 0 Å². The normalized spacial score (nSPS) is 10.1. The first-order valence-electron chi connectivity index (χ1n) is 4.54. The summed E-state index contributed by atoms with van der Waals surface area (Å²) in [5.74, 6) is 0.580.